The van der Waals surface area contributed by atoms with E-state index in [2.05, 4.69) is 31.9 Å². The van der Waals surface area contributed by atoms with Gasteiger partial charge in [-0.25, -0.2) is 0 Å². The average Bonchev–Trinajstić information content (AvgIpc) is 2.26. The van der Waals surface area contributed by atoms with Crippen LogP contribution in [0, 0.1) is 0 Å². The second-order valence-electron chi connectivity index (χ2n) is 3.37. The first-order valence-corrected chi connectivity index (χ1v) is 7.93. The van der Waals surface area contributed by atoms with Crippen LogP contribution in [-0.4, -0.2) is 37.1 Å². The fourth-order valence-corrected chi connectivity index (χ4v) is 1.86. The molecule has 0 aromatic rings. The Morgan fingerprint density at radius 3 is 1.33 bits per heavy atom. The van der Waals surface area contributed by atoms with Crippen LogP contribution in [0.25, 0.3) is 0 Å². The summed E-state index contributed by atoms with van der Waals surface area (Å²) in [6.45, 7) is 3.44. The van der Waals surface area contributed by atoms with Crippen molar-refractivity contribution in [3.05, 3.63) is 0 Å². The first-order chi connectivity index (χ1) is 7.41. The van der Waals surface area contributed by atoms with Gasteiger partial charge in [0.15, 0.2) is 0 Å². The molecule has 0 amide bonds. The second-order valence-corrected chi connectivity index (χ2v) is 4.96. The van der Waals surface area contributed by atoms with Gasteiger partial charge in [0.25, 0.3) is 0 Å². The largest absolute Gasteiger partial charge is 0.381 e. The molecule has 0 radical (unpaired) electrons. The molecule has 4 heteroatoms. The maximum Gasteiger partial charge on any atom is 0.0487 e. The molecule has 0 bridgehead atoms. The summed E-state index contributed by atoms with van der Waals surface area (Å²) in [5.41, 5.74) is 0. The molecule has 0 aliphatic carbocycles. The van der Waals surface area contributed by atoms with Crippen LogP contribution in [0.4, 0.5) is 0 Å². The Bertz CT molecular complexity index is 101. The molecule has 0 heterocycles. The molecule has 0 rings (SSSR count). The zero-order valence-corrected chi connectivity index (χ0v) is 12.5. The predicted octanol–water partition coefficient (Wildman–Crippen LogP) is 3.76. The summed E-state index contributed by atoms with van der Waals surface area (Å²) in [6.07, 6.45) is 5.71. The molecule has 0 N–H and O–H groups in total. The van der Waals surface area contributed by atoms with Crippen LogP contribution in [0.3, 0.4) is 0 Å². The number of ether oxygens (including phenoxy) is 2. The highest BCUT2D eigenvalue weighted by molar-refractivity contribution is 9.09. The van der Waals surface area contributed by atoms with E-state index in [4.69, 9.17) is 9.47 Å². The lowest BCUT2D eigenvalue weighted by Crippen LogP contribution is -2.03. The normalized spacial score (nSPS) is 10.8. The first kappa shape index (κ1) is 15.9. The summed E-state index contributed by atoms with van der Waals surface area (Å²) in [4.78, 5) is 0. The second kappa shape index (κ2) is 14.9. The van der Waals surface area contributed by atoms with Gasteiger partial charge >= 0.3 is 0 Å². The average molecular weight is 346 g/mol. The van der Waals surface area contributed by atoms with Gasteiger partial charge in [0.2, 0.25) is 0 Å². The van der Waals surface area contributed by atoms with Gasteiger partial charge in [-0.1, -0.05) is 31.9 Å². The van der Waals surface area contributed by atoms with E-state index in [1.807, 2.05) is 0 Å². The zero-order chi connectivity index (χ0) is 11.2. The molecular weight excluding hydrogens is 324 g/mol. The van der Waals surface area contributed by atoms with Crippen LogP contribution in [0.1, 0.15) is 32.1 Å². The molecule has 0 aliphatic rings. The summed E-state index contributed by atoms with van der Waals surface area (Å²) in [5.74, 6) is 0. The van der Waals surface area contributed by atoms with E-state index in [0.29, 0.717) is 0 Å². The predicted molar refractivity (Wildman–Crippen MR) is 72.3 cm³/mol. The van der Waals surface area contributed by atoms with E-state index < -0.39 is 0 Å². The molecule has 15 heavy (non-hydrogen) atoms. The summed E-state index contributed by atoms with van der Waals surface area (Å²) in [7, 11) is 0. The first-order valence-electron chi connectivity index (χ1n) is 5.69. The molecule has 2 nitrogen and oxygen atoms in total. The van der Waals surface area contributed by atoms with Gasteiger partial charge in [0.1, 0.15) is 0 Å². The number of rotatable bonds is 12. The highest BCUT2D eigenvalue weighted by Gasteiger charge is 1.91. The van der Waals surface area contributed by atoms with Crippen LogP contribution in [-0.2, 0) is 9.47 Å². The maximum atomic E-state index is 5.46. The molecule has 0 fully saturated rings. The Morgan fingerprint density at radius 2 is 0.933 bits per heavy atom. The number of hydrogen-bond acceptors (Lipinski definition) is 2. The van der Waals surface area contributed by atoms with Crippen LogP contribution < -0.4 is 0 Å². The SMILES string of the molecule is BrCCCCOCCCOCCCCBr. The van der Waals surface area contributed by atoms with Gasteiger partial charge < -0.3 is 9.47 Å². The van der Waals surface area contributed by atoms with Crippen molar-refractivity contribution < 1.29 is 9.47 Å². The molecule has 0 aromatic heterocycles. The minimum absolute atomic E-state index is 0.834. The topological polar surface area (TPSA) is 18.5 Å². The van der Waals surface area contributed by atoms with E-state index in [1.54, 1.807) is 0 Å². The zero-order valence-electron chi connectivity index (χ0n) is 9.35. The van der Waals surface area contributed by atoms with Crippen molar-refractivity contribution in [2.45, 2.75) is 32.1 Å². The third-order valence-corrected chi connectivity index (χ3v) is 3.04. The summed E-state index contributed by atoms with van der Waals surface area (Å²) < 4.78 is 10.9. The number of halogens is 2. The smallest absolute Gasteiger partial charge is 0.0487 e. The van der Waals surface area contributed by atoms with Crippen molar-refractivity contribution in [3.8, 4) is 0 Å². The van der Waals surface area contributed by atoms with Crippen LogP contribution in [0.15, 0.2) is 0 Å². The maximum absolute atomic E-state index is 5.46. The van der Waals surface area contributed by atoms with E-state index >= 15 is 0 Å². The standard InChI is InChI=1S/C11H22Br2O2/c12-6-1-3-8-14-10-5-11-15-9-4-2-7-13/h1-11H2. The van der Waals surface area contributed by atoms with E-state index in [9.17, 15) is 0 Å². The molecule has 0 aromatic carbocycles. The summed E-state index contributed by atoms with van der Waals surface area (Å²) in [5, 5.41) is 2.15. The van der Waals surface area contributed by atoms with Gasteiger partial charge in [0, 0.05) is 37.1 Å². The van der Waals surface area contributed by atoms with Crippen molar-refractivity contribution >= 4 is 31.9 Å². The Balaban J connectivity index is 2.81. The van der Waals surface area contributed by atoms with E-state index in [1.165, 1.54) is 12.8 Å². The molecule has 0 saturated carbocycles. The summed E-state index contributed by atoms with van der Waals surface area (Å²) in [6, 6.07) is 0. The highest BCUT2D eigenvalue weighted by Crippen LogP contribution is 1.96. The molecule has 0 atom stereocenters. The molecule has 0 unspecified atom stereocenters. The van der Waals surface area contributed by atoms with Gasteiger partial charge in [-0.05, 0) is 32.1 Å². The monoisotopic (exact) mass is 344 g/mol. The van der Waals surface area contributed by atoms with Crippen molar-refractivity contribution in [2.75, 3.05) is 37.1 Å². The van der Waals surface area contributed by atoms with Gasteiger partial charge in [-0.3, -0.25) is 0 Å². The molecular formula is C11H22Br2O2. The van der Waals surface area contributed by atoms with Crippen molar-refractivity contribution in [1.29, 1.82) is 0 Å². The van der Waals surface area contributed by atoms with Crippen molar-refractivity contribution in [2.24, 2.45) is 0 Å². The van der Waals surface area contributed by atoms with E-state index in [0.717, 1.165) is 56.4 Å². The fourth-order valence-electron chi connectivity index (χ4n) is 1.06. The quantitative estimate of drug-likeness (QED) is 0.396. The summed E-state index contributed by atoms with van der Waals surface area (Å²) >= 11 is 6.79. The Labute approximate surface area is 110 Å². The third kappa shape index (κ3) is 14.9. The van der Waals surface area contributed by atoms with Crippen LogP contribution >= 0.6 is 31.9 Å². The van der Waals surface area contributed by atoms with E-state index in [-0.39, 0.29) is 0 Å². The van der Waals surface area contributed by atoms with Crippen LogP contribution in [0.2, 0.25) is 0 Å². The van der Waals surface area contributed by atoms with Gasteiger partial charge in [0.05, 0.1) is 0 Å². The minimum Gasteiger partial charge on any atom is -0.381 e. The lowest BCUT2D eigenvalue weighted by Gasteiger charge is -2.04. The number of hydrogen-bond donors (Lipinski definition) is 0. The molecule has 92 valence electrons. The third-order valence-electron chi connectivity index (χ3n) is 1.92. The highest BCUT2D eigenvalue weighted by atomic mass is 79.9. The molecule has 0 spiro atoms. The van der Waals surface area contributed by atoms with Gasteiger partial charge in [-0.2, -0.15) is 0 Å². The Kier molecular flexibility index (Phi) is 15.8. The lowest BCUT2D eigenvalue weighted by molar-refractivity contribution is 0.0807. The molecule has 0 aliphatic heterocycles. The number of unbranched alkanes of at least 4 members (excludes halogenated alkanes) is 2. The van der Waals surface area contributed by atoms with Crippen LogP contribution in [0.5, 0.6) is 0 Å². The number of alkyl halides is 2. The lowest BCUT2D eigenvalue weighted by atomic mass is 10.3. The van der Waals surface area contributed by atoms with Crippen molar-refractivity contribution in [3.63, 3.8) is 0 Å². The minimum atomic E-state index is 0.834. The van der Waals surface area contributed by atoms with Crippen molar-refractivity contribution in [1.82, 2.24) is 0 Å². The Morgan fingerprint density at radius 1 is 0.533 bits per heavy atom. The fraction of sp³-hybridized carbons (Fsp3) is 1.00. The van der Waals surface area contributed by atoms with Gasteiger partial charge in [-0.15, -0.1) is 0 Å². The Hall–Kier alpha value is 0.880. The molecule has 0 saturated heterocycles.